The Balaban J connectivity index is 2.26. The summed E-state index contributed by atoms with van der Waals surface area (Å²) in [7, 11) is 0. The van der Waals surface area contributed by atoms with Crippen LogP contribution < -0.4 is 5.32 Å². The molecule has 1 rings (SSSR count). The molecule has 0 aliphatic carbocycles. The topological polar surface area (TPSA) is 69.6 Å². The van der Waals surface area contributed by atoms with E-state index in [1.54, 1.807) is 6.08 Å². The predicted octanol–water partition coefficient (Wildman–Crippen LogP) is -0.305. The van der Waals surface area contributed by atoms with Crippen molar-refractivity contribution in [2.45, 2.75) is 6.42 Å². The second kappa shape index (κ2) is 5.50. The number of likely N-dealkylation sites (tertiary alicyclic amines) is 1. The van der Waals surface area contributed by atoms with Gasteiger partial charge in [-0.15, -0.1) is 6.58 Å². The lowest BCUT2D eigenvalue weighted by atomic mass is 10.1. The lowest BCUT2D eigenvalue weighted by Gasteiger charge is -2.13. The van der Waals surface area contributed by atoms with Gasteiger partial charge in [0.25, 0.3) is 0 Å². The Labute approximate surface area is 88.8 Å². The molecule has 15 heavy (non-hydrogen) atoms. The second-order valence-corrected chi connectivity index (χ2v) is 3.65. The largest absolute Gasteiger partial charge is 0.481 e. The number of rotatable bonds is 5. The zero-order chi connectivity index (χ0) is 11.3. The molecular weight excluding hydrogens is 196 g/mol. The lowest BCUT2D eigenvalue weighted by molar-refractivity contribution is -0.141. The van der Waals surface area contributed by atoms with E-state index in [9.17, 15) is 9.59 Å². The fourth-order valence-electron chi connectivity index (χ4n) is 1.62. The van der Waals surface area contributed by atoms with E-state index in [1.807, 2.05) is 4.90 Å². The normalized spacial score (nSPS) is 21.2. The highest BCUT2D eigenvalue weighted by Crippen LogP contribution is 2.15. The molecule has 0 spiro atoms. The number of nitrogens with zero attached hydrogens (tertiary/aromatic N) is 1. The molecule has 5 nitrogen and oxygen atoms in total. The predicted molar refractivity (Wildman–Crippen MR) is 55.4 cm³/mol. The Morgan fingerprint density at radius 3 is 2.87 bits per heavy atom. The second-order valence-electron chi connectivity index (χ2n) is 3.65. The summed E-state index contributed by atoms with van der Waals surface area (Å²) in [6, 6.07) is 0. The van der Waals surface area contributed by atoms with Gasteiger partial charge in [0.15, 0.2) is 0 Å². The minimum Gasteiger partial charge on any atom is -0.481 e. The van der Waals surface area contributed by atoms with Gasteiger partial charge >= 0.3 is 5.97 Å². The summed E-state index contributed by atoms with van der Waals surface area (Å²) in [6.45, 7) is 5.37. The highest BCUT2D eigenvalue weighted by molar-refractivity contribution is 5.78. The molecule has 84 valence electrons. The summed E-state index contributed by atoms with van der Waals surface area (Å²) in [5.41, 5.74) is 0. The van der Waals surface area contributed by atoms with Gasteiger partial charge in [-0.25, -0.2) is 0 Å². The molecule has 1 saturated heterocycles. The van der Waals surface area contributed by atoms with Gasteiger partial charge in [0.1, 0.15) is 0 Å². The van der Waals surface area contributed by atoms with Crippen molar-refractivity contribution in [3.8, 4) is 0 Å². The third kappa shape index (κ3) is 3.71. The summed E-state index contributed by atoms with van der Waals surface area (Å²) in [6.07, 6.45) is 2.24. The molecule has 2 N–H and O–H groups in total. The van der Waals surface area contributed by atoms with Crippen LogP contribution in [0, 0.1) is 5.92 Å². The molecule has 1 amide bonds. The summed E-state index contributed by atoms with van der Waals surface area (Å²) in [4.78, 5) is 23.8. The van der Waals surface area contributed by atoms with Gasteiger partial charge in [-0.3, -0.25) is 14.5 Å². The molecule has 0 saturated carbocycles. The van der Waals surface area contributed by atoms with E-state index in [1.165, 1.54) is 0 Å². The zero-order valence-corrected chi connectivity index (χ0v) is 8.61. The number of aliphatic carboxylic acids is 1. The van der Waals surface area contributed by atoms with Crippen molar-refractivity contribution >= 4 is 11.9 Å². The summed E-state index contributed by atoms with van der Waals surface area (Å²) in [5.74, 6) is -1.18. The van der Waals surface area contributed by atoms with Crippen molar-refractivity contribution in [1.29, 1.82) is 0 Å². The molecule has 1 aliphatic rings. The fourth-order valence-corrected chi connectivity index (χ4v) is 1.62. The van der Waals surface area contributed by atoms with Crippen LogP contribution >= 0.6 is 0 Å². The van der Waals surface area contributed by atoms with Crippen LogP contribution in [0.5, 0.6) is 0 Å². The maximum absolute atomic E-state index is 11.3. The van der Waals surface area contributed by atoms with Crippen molar-refractivity contribution < 1.29 is 14.7 Å². The van der Waals surface area contributed by atoms with Crippen LogP contribution in [-0.4, -0.2) is 48.1 Å². The van der Waals surface area contributed by atoms with E-state index in [2.05, 4.69) is 11.9 Å². The molecule has 0 aromatic carbocycles. The first kappa shape index (κ1) is 11.7. The third-order valence-electron chi connectivity index (χ3n) is 2.43. The number of amides is 1. The van der Waals surface area contributed by atoms with Crippen LogP contribution in [0.1, 0.15) is 6.42 Å². The molecule has 0 aromatic rings. The molecular formula is C10H16N2O3. The number of nitrogens with one attached hydrogen (secondary N) is 1. The maximum Gasteiger partial charge on any atom is 0.307 e. The Bertz CT molecular complexity index is 265. The van der Waals surface area contributed by atoms with E-state index in [0.717, 1.165) is 0 Å². The van der Waals surface area contributed by atoms with Crippen molar-refractivity contribution in [1.82, 2.24) is 10.2 Å². The first-order valence-corrected chi connectivity index (χ1v) is 4.96. The minimum absolute atomic E-state index is 0.0825. The van der Waals surface area contributed by atoms with Gasteiger partial charge in [-0.05, 0) is 13.0 Å². The Morgan fingerprint density at radius 1 is 1.60 bits per heavy atom. The molecule has 0 bridgehead atoms. The van der Waals surface area contributed by atoms with E-state index in [-0.39, 0.29) is 18.4 Å². The average molecular weight is 212 g/mol. The molecule has 1 unspecified atom stereocenters. The van der Waals surface area contributed by atoms with Crippen molar-refractivity contribution in [2.24, 2.45) is 5.92 Å². The highest BCUT2D eigenvalue weighted by atomic mass is 16.4. The Hall–Kier alpha value is -1.36. The smallest absolute Gasteiger partial charge is 0.307 e. The fraction of sp³-hybridized carbons (Fsp3) is 0.600. The van der Waals surface area contributed by atoms with E-state index >= 15 is 0 Å². The quantitative estimate of drug-likeness (QED) is 0.614. The number of carboxylic acids is 1. The van der Waals surface area contributed by atoms with Crippen LogP contribution in [0.25, 0.3) is 0 Å². The van der Waals surface area contributed by atoms with E-state index in [4.69, 9.17) is 5.11 Å². The van der Waals surface area contributed by atoms with Crippen LogP contribution in [0.4, 0.5) is 0 Å². The average Bonchev–Trinajstić information content (AvgIpc) is 2.63. The Morgan fingerprint density at radius 2 is 2.33 bits per heavy atom. The van der Waals surface area contributed by atoms with E-state index < -0.39 is 5.97 Å². The van der Waals surface area contributed by atoms with Gasteiger partial charge in [0, 0.05) is 13.1 Å². The summed E-state index contributed by atoms with van der Waals surface area (Å²) in [5, 5.41) is 11.4. The lowest BCUT2D eigenvalue weighted by Crippen LogP contribution is -2.36. The molecule has 1 heterocycles. The van der Waals surface area contributed by atoms with Gasteiger partial charge in [0.05, 0.1) is 12.5 Å². The third-order valence-corrected chi connectivity index (χ3v) is 2.43. The number of hydrogen-bond donors (Lipinski definition) is 2. The minimum atomic E-state index is -0.774. The van der Waals surface area contributed by atoms with Gasteiger partial charge < -0.3 is 10.4 Å². The van der Waals surface area contributed by atoms with Crippen LogP contribution in [0.2, 0.25) is 0 Å². The van der Waals surface area contributed by atoms with Gasteiger partial charge in [-0.2, -0.15) is 0 Å². The molecule has 1 atom stereocenters. The first-order valence-electron chi connectivity index (χ1n) is 4.96. The highest BCUT2D eigenvalue weighted by Gasteiger charge is 2.28. The number of hydrogen-bond acceptors (Lipinski definition) is 3. The SMILES string of the molecule is C=CCNC(=O)CN1CCC(C(=O)O)C1. The number of carboxylic acid groups (broad SMARTS) is 1. The van der Waals surface area contributed by atoms with Gasteiger partial charge in [-0.1, -0.05) is 6.08 Å². The molecule has 0 aromatic heterocycles. The monoisotopic (exact) mass is 212 g/mol. The van der Waals surface area contributed by atoms with Crippen molar-refractivity contribution in [3.05, 3.63) is 12.7 Å². The van der Waals surface area contributed by atoms with Crippen LogP contribution in [0.3, 0.4) is 0 Å². The molecule has 1 aliphatic heterocycles. The van der Waals surface area contributed by atoms with E-state index in [0.29, 0.717) is 26.1 Å². The first-order chi connectivity index (χ1) is 7.13. The summed E-state index contributed by atoms with van der Waals surface area (Å²) >= 11 is 0. The zero-order valence-electron chi connectivity index (χ0n) is 8.61. The van der Waals surface area contributed by atoms with Gasteiger partial charge in [0.2, 0.25) is 5.91 Å². The standard InChI is InChI=1S/C10H16N2O3/c1-2-4-11-9(13)7-12-5-3-8(6-12)10(14)15/h2,8H,1,3-7H2,(H,11,13)(H,14,15). The Kier molecular flexibility index (Phi) is 4.30. The summed E-state index contributed by atoms with van der Waals surface area (Å²) < 4.78 is 0. The van der Waals surface area contributed by atoms with Crippen LogP contribution in [0.15, 0.2) is 12.7 Å². The van der Waals surface area contributed by atoms with Crippen LogP contribution in [-0.2, 0) is 9.59 Å². The number of carbonyl (C=O) groups excluding carboxylic acids is 1. The van der Waals surface area contributed by atoms with Crippen molar-refractivity contribution in [2.75, 3.05) is 26.2 Å². The van der Waals surface area contributed by atoms with Crippen molar-refractivity contribution in [3.63, 3.8) is 0 Å². The maximum atomic E-state index is 11.3. The molecule has 5 heteroatoms. The molecule has 0 radical (unpaired) electrons. The number of carbonyl (C=O) groups is 2. The molecule has 1 fully saturated rings.